The molecule has 0 aromatic rings. The molecule has 2 aliphatic rings. The third-order valence-corrected chi connectivity index (χ3v) is 3.85. The molecule has 0 amide bonds. The predicted octanol–water partition coefficient (Wildman–Crippen LogP) is 2.25. The number of nitrogens with zero attached hydrogens (tertiary/aromatic N) is 1. The van der Waals surface area contributed by atoms with E-state index in [1.54, 1.807) is 0 Å². The van der Waals surface area contributed by atoms with Crippen LogP contribution in [0.1, 0.15) is 40.0 Å². The van der Waals surface area contributed by atoms with Crippen LogP contribution in [-0.2, 0) is 4.74 Å². The van der Waals surface area contributed by atoms with Crippen LogP contribution in [0.3, 0.4) is 0 Å². The molecule has 0 radical (unpaired) electrons. The van der Waals surface area contributed by atoms with Gasteiger partial charge >= 0.3 is 0 Å². The van der Waals surface area contributed by atoms with Crippen molar-refractivity contribution in [1.29, 1.82) is 0 Å². The van der Waals surface area contributed by atoms with Gasteiger partial charge in [-0.05, 0) is 39.2 Å². The van der Waals surface area contributed by atoms with Crippen LogP contribution in [0.2, 0.25) is 0 Å². The molecule has 4 heteroatoms. The van der Waals surface area contributed by atoms with Crippen LogP contribution in [0.25, 0.3) is 0 Å². The van der Waals surface area contributed by atoms with Gasteiger partial charge in [0.15, 0.2) is 0 Å². The van der Waals surface area contributed by atoms with E-state index >= 15 is 0 Å². The van der Waals surface area contributed by atoms with Crippen molar-refractivity contribution in [1.82, 2.24) is 10.2 Å². The number of rotatable bonds is 3. The lowest BCUT2D eigenvalue weighted by molar-refractivity contribution is -0.0399. The standard InChI is InChI=1S/C13H26N2O.ClH/c1-10(2)15-6-4-5-12(15)7-13-14-8-11(3)9-16-13;/h10-14H,4-9H2,1-3H3;1H. The Balaban J connectivity index is 0.00000144. The zero-order valence-electron chi connectivity index (χ0n) is 11.3. The number of halogens is 1. The van der Waals surface area contributed by atoms with Gasteiger partial charge in [-0.1, -0.05) is 6.92 Å². The third kappa shape index (κ3) is 4.09. The average Bonchev–Trinajstić information content (AvgIpc) is 2.69. The van der Waals surface area contributed by atoms with Crippen LogP contribution >= 0.6 is 12.4 Å². The van der Waals surface area contributed by atoms with Gasteiger partial charge in [-0.2, -0.15) is 0 Å². The van der Waals surface area contributed by atoms with E-state index in [0.29, 0.717) is 18.2 Å². The Morgan fingerprint density at radius 1 is 1.41 bits per heavy atom. The van der Waals surface area contributed by atoms with Crippen LogP contribution in [0, 0.1) is 5.92 Å². The predicted molar refractivity (Wildman–Crippen MR) is 73.6 cm³/mol. The Morgan fingerprint density at radius 2 is 2.18 bits per heavy atom. The first-order chi connectivity index (χ1) is 7.66. The lowest BCUT2D eigenvalue weighted by Gasteiger charge is -2.34. The lowest BCUT2D eigenvalue weighted by atomic mass is 10.1. The fourth-order valence-electron chi connectivity index (χ4n) is 2.92. The summed E-state index contributed by atoms with van der Waals surface area (Å²) in [5.41, 5.74) is 0. The maximum absolute atomic E-state index is 5.84. The van der Waals surface area contributed by atoms with Gasteiger partial charge in [0, 0.05) is 25.0 Å². The molecule has 0 spiro atoms. The van der Waals surface area contributed by atoms with E-state index in [1.165, 1.54) is 19.4 Å². The number of hydrogen-bond donors (Lipinski definition) is 1. The Morgan fingerprint density at radius 3 is 2.76 bits per heavy atom. The van der Waals surface area contributed by atoms with Crippen LogP contribution in [0.4, 0.5) is 0 Å². The van der Waals surface area contributed by atoms with Crippen molar-refractivity contribution in [2.24, 2.45) is 5.92 Å². The molecule has 2 rings (SSSR count). The quantitative estimate of drug-likeness (QED) is 0.844. The minimum absolute atomic E-state index is 0. The number of ether oxygens (including phenoxy) is 1. The molecular formula is C13H27ClN2O. The molecule has 3 unspecified atom stereocenters. The highest BCUT2D eigenvalue weighted by molar-refractivity contribution is 5.85. The van der Waals surface area contributed by atoms with Crippen LogP contribution in [-0.4, -0.2) is 42.9 Å². The van der Waals surface area contributed by atoms with Crippen LogP contribution in [0.15, 0.2) is 0 Å². The summed E-state index contributed by atoms with van der Waals surface area (Å²) in [6, 6.07) is 1.40. The van der Waals surface area contributed by atoms with E-state index in [9.17, 15) is 0 Å². The minimum atomic E-state index is 0. The molecule has 0 aliphatic carbocycles. The van der Waals surface area contributed by atoms with Crippen molar-refractivity contribution in [3.05, 3.63) is 0 Å². The molecule has 0 bridgehead atoms. The van der Waals surface area contributed by atoms with Gasteiger partial charge in [0.1, 0.15) is 6.23 Å². The number of likely N-dealkylation sites (tertiary alicyclic amines) is 1. The van der Waals surface area contributed by atoms with Crippen molar-refractivity contribution in [2.45, 2.75) is 58.3 Å². The zero-order valence-corrected chi connectivity index (χ0v) is 12.1. The van der Waals surface area contributed by atoms with Crippen LogP contribution in [0.5, 0.6) is 0 Å². The van der Waals surface area contributed by atoms with Gasteiger partial charge in [-0.3, -0.25) is 10.2 Å². The lowest BCUT2D eigenvalue weighted by Crippen LogP contribution is -2.47. The number of hydrogen-bond acceptors (Lipinski definition) is 3. The van der Waals surface area contributed by atoms with Gasteiger partial charge in [0.05, 0.1) is 6.61 Å². The highest BCUT2D eigenvalue weighted by Crippen LogP contribution is 2.24. The van der Waals surface area contributed by atoms with Gasteiger partial charge in [-0.15, -0.1) is 12.4 Å². The maximum Gasteiger partial charge on any atom is 0.109 e. The second kappa shape index (κ2) is 6.93. The molecule has 0 aromatic heterocycles. The molecule has 0 aromatic carbocycles. The van der Waals surface area contributed by atoms with Crippen molar-refractivity contribution in [3.63, 3.8) is 0 Å². The van der Waals surface area contributed by atoms with E-state index < -0.39 is 0 Å². The first-order valence-corrected chi connectivity index (χ1v) is 6.77. The Hall–Kier alpha value is 0.170. The fraction of sp³-hybridized carbons (Fsp3) is 1.00. The second-order valence-electron chi connectivity index (χ2n) is 5.70. The smallest absolute Gasteiger partial charge is 0.109 e. The molecule has 102 valence electrons. The minimum Gasteiger partial charge on any atom is -0.363 e. The Labute approximate surface area is 112 Å². The summed E-state index contributed by atoms with van der Waals surface area (Å²) in [6.07, 6.45) is 4.15. The molecule has 2 aliphatic heterocycles. The Kier molecular flexibility index (Phi) is 6.21. The topological polar surface area (TPSA) is 24.5 Å². The molecule has 2 saturated heterocycles. The second-order valence-corrected chi connectivity index (χ2v) is 5.70. The molecular weight excluding hydrogens is 236 g/mol. The van der Waals surface area contributed by atoms with Gasteiger partial charge < -0.3 is 4.74 Å². The molecule has 17 heavy (non-hydrogen) atoms. The Bertz CT molecular complexity index is 217. The maximum atomic E-state index is 5.84. The summed E-state index contributed by atoms with van der Waals surface area (Å²) in [7, 11) is 0. The largest absolute Gasteiger partial charge is 0.363 e. The monoisotopic (exact) mass is 262 g/mol. The highest BCUT2D eigenvalue weighted by atomic mass is 35.5. The number of nitrogens with one attached hydrogen (secondary N) is 1. The average molecular weight is 263 g/mol. The van der Waals surface area contributed by atoms with E-state index in [2.05, 4.69) is 31.0 Å². The molecule has 2 fully saturated rings. The van der Waals surface area contributed by atoms with Crippen molar-refractivity contribution in [3.8, 4) is 0 Å². The fourth-order valence-corrected chi connectivity index (χ4v) is 2.92. The van der Waals surface area contributed by atoms with E-state index in [1.807, 2.05) is 0 Å². The molecule has 0 saturated carbocycles. The molecule has 3 nitrogen and oxygen atoms in total. The van der Waals surface area contributed by atoms with E-state index in [-0.39, 0.29) is 12.4 Å². The van der Waals surface area contributed by atoms with Crippen molar-refractivity contribution >= 4 is 12.4 Å². The summed E-state index contributed by atoms with van der Waals surface area (Å²) in [6.45, 7) is 10.1. The van der Waals surface area contributed by atoms with Gasteiger partial charge in [-0.25, -0.2) is 0 Å². The molecule has 2 heterocycles. The van der Waals surface area contributed by atoms with Gasteiger partial charge in [0.2, 0.25) is 0 Å². The first kappa shape index (κ1) is 15.2. The summed E-state index contributed by atoms with van der Waals surface area (Å²) >= 11 is 0. The molecule has 1 N–H and O–H groups in total. The SMILES string of the molecule is CC1CNC(CC2CCCN2C(C)C)OC1.Cl. The van der Waals surface area contributed by atoms with Crippen LogP contribution < -0.4 is 5.32 Å². The first-order valence-electron chi connectivity index (χ1n) is 6.77. The van der Waals surface area contributed by atoms with Gasteiger partial charge in [0.25, 0.3) is 0 Å². The highest BCUT2D eigenvalue weighted by Gasteiger charge is 2.30. The normalized spacial score (nSPS) is 34.9. The summed E-state index contributed by atoms with van der Waals surface area (Å²) < 4.78 is 5.84. The van der Waals surface area contributed by atoms with E-state index in [4.69, 9.17) is 4.74 Å². The summed E-state index contributed by atoms with van der Waals surface area (Å²) in [5.74, 6) is 0.668. The van der Waals surface area contributed by atoms with Crippen molar-refractivity contribution < 1.29 is 4.74 Å². The van der Waals surface area contributed by atoms with Crippen molar-refractivity contribution in [2.75, 3.05) is 19.7 Å². The zero-order chi connectivity index (χ0) is 11.5. The summed E-state index contributed by atoms with van der Waals surface area (Å²) in [5, 5.41) is 3.51. The third-order valence-electron chi connectivity index (χ3n) is 3.85. The van der Waals surface area contributed by atoms with E-state index in [0.717, 1.165) is 25.6 Å². The summed E-state index contributed by atoms with van der Waals surface area (Å²) in [4.78, 5) is 2.63. The molecule has 3 atom stereocenters.